The molecule has 0 aliphatic heterocycles. The van der Waals surface area contributed by atoms with Crippen LogP contribution in [-0.2, 0) is 9.13 Å². The van der Waals surface area contributed by atoms with Gasteiger partial charge < -0.3 is 9.05 Å². The molecule has 8 aliphatic rings. The van der Waals surface area contributed by atoms with E-state index in [4.69, 9.17) is 9.05 Å². The monoisotopic (exact) mass is 726 g/mol. The molecule has 3 unspecified atom stereocenters. The molecule has 0 saturated carbocycles. The molecule has 4 N–H and O–H groups in total. The Morgan fingerprint density at radius 1 is 0.385 bits per heavy atom. The van der Waals surface area contributed by atoms with Gasteiger partial charge in [-0.25, -0.2) is 9.13 Å². The maximum Gasteiger partial charge on any atom is 0.524 e. The second kappa shape index (κ2) is 9.19. The summed E-state index contributed by atoms with van der Waals surface area (Å²) in [5, 5.41) is 0. The zero-order chi connectivity index (χ0) is 34.7. The minimum atomic E-state index is -5.03. The highest BCUT2D eigenvalue weighted by Crippen LogP contribution is 2.73. The Kier molecular flexibility index (Phi) is 5.21. The van der Waals surface area contributed by atoms with Crippen LogP contribution in [0.25, 0.3) is 0 Å². The molecule has 8 nitrogen and oxygen atoms in total. The molecule has 13 rings (SSSR count). The lowest BCUT2D eigenvalue weighted by atomic mass is 9.74. The lowest BCUT2D eigenvalue weighted by Gasteiger charge is -2.33. The fourth-order valence-electron chi connectivity index (χ4n) is 12.9. The molecule has 0 radical (unpaired) electrons. The van der Waals surface area contributed by atoms with E-state index in [9.17, 15) is 28.7 Å². The molecular weight excluding hydrogens is 694 g/mol. The fourth-order valence-corrected chi connectivity index (χ4v) is 13.7. The fraction of sp³-hybridized carbons (Fsp3) is 0.286. The van der Waals surface area contributed by atoms with Gasteiger partial charge in [-0.05, 0) is 92.4 Å². The molecule has 0 heterocycles. The van der Waals surface area contributed by atoms with Crippen molar-refractivity contribution in [1.29, 1.82) is 0 Å². The number of fused-ring (bicyclic) bond motifs is 32. The molecule has 0 fully saturated rings. The van der Waals surface area contributed by atoms with Crippen LogP contribution >= 0.6 is 15.6 Å². The smallest absolute Gasteiger partial charge is 0.404 e. The van der Waals surface area contributed by atoms with E-state index < -0.39 is 15.6 Å². The Bertz CT molecular complexity index is 2340. The number of hydrogen-bond donors (Lipinski definition) is 4. The standard InChI is InChI=1S/C42H32O8P2/c43-51(44,45)49-41-37-33-15-34(30-12-26-22-9-21(25(26)11-29(30)33)17-5-1-2-6-18(17)22)38(37)42(50-52(46,47)48)40-36-16-35(39(40)41)31-13-27-23-10-24(28(27)14-32(31)36)20-8-4-3-7-19(20)23/h1-8,11-14,21-24,33-36H,9-10,15-16H2,(H2,43,44,45)(H2,46,47,48)/t21-,22?,23+,24?,33+,34-,35-,36?/m0/s1. The minimum Gasteiger partial charge on any atom is -0.404 e. The van der Waals surface area contributed by atoms with E-state index in [2.05, 4.69) is 72.8 Å². The summed E-state index contributed by atoms with van der Waals surface area (Å²) in [5.74, 6) is 0.661. The van der Waals surface area contributed by atoms with E-state index in [1.807, 2.05) is 0 Å². The first kappa shape index (κ1) is 29.5. The highest BCUT2D eigenvalue weighted by molar-refractivity contribution is 7.47. The molecule has 0 amide bonds. The highest BCUT2D eigenvalue weighted by Gasteiger charge is 2.56. The molecule has 8 bridgehead atoms. The minimum absolute atomic E-state index is 0.187. The zero-order valence-corrected chi connectivity index (χ0v) is 29.5. The molecule has 258 valence electrons. The van der Waals surface area contributed by atoms with Crippen LogP contribution in [0.5, 0.6) is 11.5 Å². The van der Waals surface area contributed by atoms with Gasteiger partial charge in [-0.2, -0.15) is 0 Å². The van der Waals surface area contributed by atoms with Gasteiger partial charge in [0, 0.05) is 69.6 Å². The maximum absolute atomic E-state index is 12.8. The largest absolute Gasteiger partial charge is 0.524 e. The Balaban J connectivity index is 1.03. The molecule has 5 aromatic carbocycles. The summed E-state index contributed by atoms with van der Waals surface area (Å²) in [6.07, 6.45) is 3.33. The van der Waals surface area contributed by atoms with E-state index in [0.717, 1.165) is 35.1 Å². The van der Waals surface area contributed by atoms with Crippen molar-refractivity contribution in [3.8, 4) is 11.5 Å². The van der Waals surface area contributed by atoms with Crippen LogP contribution in [0.4, 0.5) is 0 Å². The molecular formula is C42H32O8P2. The van der Waals surface area contributed by atoms with Crippen LogP contribution in [0.15, 0.2) is 72.8 Å². The van der Waals surface area contributed by atoms with Crippen molar-refractivity contribution in [1.82, 2.24) is 0 Å². The van der Waals surface area contributed by atoms with Crippen molar-refractivity contribution < 1.29 is 37.8 Å². The first-order chi connectivity index (χ1) is 25.0. The van der Waals surface area contributed by atoms with Crippen LogP contribution in [0.3, 0.4) is 0 Å². The molecule has 0 aromatic heterocycles. The van der Waals surface area contributed by atoms with E-state index in [1.165, 1.54) is 44.5 Å². The van der Waals surface area contributed by atoms with Crippen LogP contribution in [-0.4, -0.2) is 19.6 Å². The lowest BCUT2D eigenvalue weighted by molar-refractivity contribution is 0.275. The van der Waals surface area contributed by atoms with E-state index in [0.29, 0.717) is 58.8 Å². The Hall–Kier alpha value is -4.00. The quantitative estimate of drug-likeness (QED) is 0.136. The SMILES string of the molecule is O=P(O)(O)Oc1c2c(c(OP(=O)(O)O)c3c1[C@@H]1C[C@H]3c3cc4c(cc31)[C@H]1CC4c3ccccc31)C1C[C@H]2c2cc3c(cc21)C1C[C@@H]3c2ccccc21. The molecule has 52 heavy (non-hydrogen) atoms. The molecule has 5 aromatic rings. The predicted molar refractivity (Wildman–Crippen MR) is 191 cm³/mol. The average molecular weight is 727 g/mol. The van der Waals surface area contributed by atoms with Crippen LogP contribution < -0.4 is 9.05 Å². The summed E-state index contributed by atoms with van der Waals surface area (Å²) in [6.45, 7) is 0. The summed E-state index contributed by atoms with van der Waals surface area (Å²) < 4.78 is 37.3. The molecule has 8 atom stereocenters. The van der Waals surface area contributed by atoms with Crippen molar-refractivity contribution in [2.45, 2.75) is 73.0 Å². The van der Waals surface area contributed by atoms with Crippen molar-refractivity contribution in [2.24, 2.45) is 0 Å². The van der Waals surface area contributed by atoms with Crippen molar-refractivity contribution in [2.75, 3.05) is 0 Å². The lowest BCUT2D eigenvalue weighted by Crippen LogP contribution is -2.16. The van der Waals surface area contributed by atoms with Crippen LogP contribution in [0, 0.1) is 0 Å². The van der Waals surface area contributed by atoms with Gasteiger partial charge in [-0.3, -0.25) is 19.6 Å². The van der Waals surface area contributed by atoms with E-state index in [-0.39, 0.29) is 35.2 Å². The second-order valence-corrected chi connectivity index (χ2v) is 18.6. The molecule has 0 saturated heterocycles. The van der Waals surface area contributed by atoms with E-state index >= 15 is 0 Å². The van der Waals surface area contributed by atoms with Crippen molar-refractivity contribution in [3.63, 3.8) is 0 Å². The van der Waals surface area contributed by atoms with Crippen molar-refractivity contribution in [3.05, 3.63) is 162 Å². The van der Waals surface area contributed by atoms with Gasteiger partial charge >= 0.3 is 15.6 Å². The predicted octanol–water partition coefficient (Wildman–Crippen LogP) is 8.55. The second-order valence-electron chi connectivity index (χ2n) is 16.3. The number of phosphoric ester groups is 2. The van der Waals surface area contributed by atoms with Gasteiger partial charge in [0.2, 0.25) is 0 Å². The van der Waals surface area contributed by atoms with Crippen LogP contribution in [0.2, 0.25) is 0 Å². The van der Waals surface area contributed by atoms with Crippen LogP contribution in [0.1, 0.15) is 162 Å². The Morgan fingerprint density at radius 3 is 0.865 bits per heavy atom. The van der Waals surface area contributed by atoms with Gasteiger partial charge in [-0.1, -0.05) is 72.8 Å². The van der Waals surface area contributed by atoms with Gasteiger partial charge in [0.05, 0.1) is 0 Å². The Morgan fingerprint density at radius 2 is 0.615 bits per heavy atom. The van der Waals surface area contributed by atoms with Gasteiger partial charge in [-0.15, -0.1) is 0 Å². The first-order valence-electron chi connectivity index (χ1n) is 18.3. The summed E-state index contributed by atoms with van der Waals surface area (Å²) in [7, 11) is -10.1. The van der Waals surface area contributed by atoms with Gasteiger partial charge in [0.25, 0.3) is 0 Å². The van der Waals surface area contributed by atoms with E-state index in [1.54, 1.807) is 0 Å². The van der Waals surface area contributed by atoms with Gasteiger partial charge in [0.1, 0.15) is 11.5 Å². The summed E-state index contributed by atoms with van der Waals surface area (Å²) in [4.78, 5) is 41.7. The third-order valence-electron chi connectivity index (χ3n) is 14.3. The Labute approximate surface area is 298 Å². The number of benzene rings is 5. The normalized spacial score (nSPS) is 29.0. The topological polar surface area (TPSA) is 134 Å². The third-order valence-corrected chi connectivity index (χ3v) is 15.2. The molecule has 8 aliphatic carbocycles. The number of hydrogen-bond acceptors (Lipinski definition) is 4. The summed E-state index contributed by atoms with van der Waals surface area (Å²) in [6, 6.07) is 26.6. The summed E-state index contributed by atoms with van der Waals surface area (Å²) >= 11 is 0. The van der Waals surface area contributed by atoms with Crippen molar-refractivity contribution >= 4 is 15.6 Å². The number of phosphoric acid groups is 2. The molecule has 0 spiro atoms. The maximum atomic E-state index is 12.8. The number of rotatable bonds is 4. The zero-order valence-electron chi connectivity index (χ0n) is 27.7. The average Bonchev–Trinajstić information content (AvgIpc) is 3.98. The molecule has 10 heteroatoms. The third kappa shape index (κ3) is 3.46. The summed E-state index contributed by atoms with van der Waals surface area (Å²) in [5.41, 5.74) is 17.7. The van der Waals surface area contributed by atoms with Gasteiger partial charge in [0.15, 0.2) is 0 Å². The first-order valence-corrected chi connectivity index (χ1v) is 21.3. The highest BCUT2D eigenvalue weighted by atomic mass is 31.2.